The normalized spacial score (nSPS) is 12.2. The van der Waals surface area contributed by atoms with E-state index in [1.807, 2.05) is 12.1 Å². The van der Waals surface area contributed by atoms with Gasteiger partial charge in [-0.25, -0.2) is 19.9 Å². The average Bonchev–Trinajstić information content (AvgIpc) is 3.05. The van der Waals surface area contributed by atoms with Crippen LogP contribution < -0.4 is 10.6 Å². The van der Waals surface area contributed by atoms with Gasteiger partial charge in [-0.2, -0.15) is 0 Å². The van der Waals surface area contributed by atoms with Gasteiger partial charge in [0.2, 0.25) is 11.8 Å². The number of hydrogen-bond donors (Lipinski definition) is 1. The van der Waals surface area contributed by atoms with Crippen molar-refractivity contribution >= 4 is 34.5 Å². The second-order valence-electron chi connectivity index (χ2n) is 9.02. The number of anilines is 2. The molecule has 3 rings (SSSR count). The van der Waals surface area contributed by atoms with Crippen LogP contribution in [0.1, 0.15) is 41.5 Å². The highest BCUT2D eigenvalue weighted by atomic mass is 16.2. The molecule has 29 heavy (non-hydrogen) atoms. The van der Waals surface area contributed by atoms with Gasteiger partial charge in [-0.15, -0.1) is 0 Å². The number of benzene rings is 1. The van der Waals surface area contributed by atoms with Crippen LogP contribution in [0.5, 0.6) is 0 Å². The van der Waals surface area contributed by atoms with E-state index in [0.717, 1.165) is 10.6 Å². The molecule has 0 unspecified atom stereocenters. The van der Waals surface area contributed by atoms with E-state index >= 15 is 0 Å². The number of aromatic nitrogens is 4. The molecule has 2 amide bonds. The number of fused-ring (bicyclic) bond motifs is 1. The largest absolute Gasteiger partial charge is 0.399 e. The summed E-state index contributed by atoms with van der Waals surface area (Å²) in [7, 11) is 0. The van der Waals surface area contributed by atoms with Crippen LogP contribution in [0.2, 0.25) is 0 Å². The molecule has 0 aliphatic heterocycles. The minimum Gasteiger partial charge on any atom is -0.399 e. The zero-order valence-electron chi connectivity index (χ0n) is 17.6. The van der Waals surface area contributed by atoms with E-state index in [4.69, 9.17) is 5.73 Å². The predicted octanol–water partition coefficient (Wildman–Crippen LogP) is 3.35. The molecule has 0 aliphatic rings. The van der Waals surface area contributed by atoms with Crippen molar-refractivity contribution in [3.8, 4) is 5.69 Å². The van der Waals surface area contributed by atoms with E-state index in [9.17, 15) is 9.59 Å². The molecule has 0 saturated carbocycles. The highest BCUT2D eigenvalue weighted by Gasteiger charge is 2.39. The second-order valence-corrected chi connectivity index (χ2v) is 9.02. The van der Waals surface area contributed by atoms with Crippen LogP contribution in [0.25, 0.3) is 16.9 Å². The Morgan fingerprint density at radius 3 is 1.97 bits per heavy atom. The first kappa shape index (κ1) is 20.4. The molecule has 0 aliphatic carbocycles. The molecule has 0 saturated heterocycles. The van der Waals surface area contributed by atoms with Crippen LogP contribution >= 0.6 is 0 Å². The lowest BCUT2D eigenvalue weighted by Crippen LogP contribution is -2.48. The van der Waals surface area contributed by atoms with Gasteiger partial charge >= 0.3 is 0 Å². The van der Waals surface area contributed by atoms with Crippen molar-refractivity contribution in [3.05, 3.63) is 36.9 Å². The summed E-state index contributed by atoms with van der Waals surface area (Å²) in [5.74, 6) is -0.511. The van der Waals surface area contributed by atoms with Crippen molar-refractivity contribution in [1.29, 1.82) is 0 Å². The third-order valence-corrected chi connectivity index (χ3v) is 4.39. The molecule has 1 aromatic carbocycles. The molecule has 0 bridgehead atoms. The molecule has 0 atom stereocenters. The zero-order chi connectivity index (χ0) is 21.6. The standard InChI is InChI=1S/C21H26N6O2/c1-20(2,3)18(28)27(19(29)21(4,5)6)17-15-16(23-11-24-17)26(12-25-15)14-9-7-13(22)8-10-14/h7-12H,22H2,1-6H3. The van der Waals surface area contributed by atoms with E-state index < -0.39 is 10.8 Å². The lowest BCUT2D eigenvalue weighted by Gasteiger charge is -2.31. The Kier molecular flexibility index (Phi) is 4.90. The SMILES string of the molecule is CC(C)(C)C(=O)N(C(=O)C(C)(C)C)c1ncnc2c1ncn2-c1ccc(N)cc1. The third kappa shape index (κ3) is 3.83. The Balaban J connectivity index is 2.21. The predicted molar refractivity (Wildman–Crippen MR) is 112 cm³/mol. The van der Waals surface area contributed by atoms with Crippen molar-refractivity contribution in [1.82, 2.24) is 19.5 Å². The molecular weight excluding hydrogens is 368 g/mol. The highest BCUT2D eigenvalue weighted by Crippen LogP contribution is 2.31. The monoisotopic (exact) mass is 394 g/mol. The van der Waals surface area contributed by atoms with Gasteiger partial charge in [0.05, 0.1) is 0 Å². The minimum atomic E-state index is -0.780. The zero-order valence-corrected chi connectivity index (χ0v) is 17.6. The first-order valence-corrected chi connectivity index (χ1v) is 9.34. The maximum Gasteiger partial charge on any atom is 0.240 e. The smallest absolute Gasteiger partial charge is 0.240 e. The second kappa shape index (κ2) is 6.95. The first-order valence-electron chi connectivity index (χ1n) is 9.34. The molecule has 0 radical (unpaired) electrons. The summed E-state index contributed by atoms with van der Waals surface area (Å²) in [6, 6.07) is 7.25. The van der Waals surface area contributed by atoms with Gasteiger partial charge < -0.3 is 5.73 Å². The average molecular weight is 394 g/mol. The fourth-order valence-corrected chi connectivity index (χ4v) is 2.77. The molecule has 8 heteroatoms. The lowest BCUT2D eigenvalue weighted by molar-refractivity contribution is -0.134. The van der Waals surface area contributed by atoms with Gasteiger partial charge in [-0.3, -0.25) is 14.2 Å². The maximum absolute atomic E-state index is 13.2. The molecule has 0 fully saturated rings. The quantitative estimate of drug-likeness (QED) is 0.668. The van der Waals surface area contributed by atoms with Crippen molar-refractivity contribution in [2.75, 3.05) is 10.6 Å². The fraction of sp³-hybridized carbons (Fsp3) is 0.381. The molecule has 3 aromatic rings. The van der Waals surface area contributed by atoms with E-state index in [1.54, 1.807) is 64.6 Å². The molecule has 0 spiro atoms. The van der Waals surface area contributed by atoms with E-state index in [0.29, 0.717) is 16.9 Å². The van der Waals surface area contributed by atoms with Gasteiger partial charge in [0.1, 0.15) is 12.7 Å². The summed E-state index contributed by atoms with van der Waals surface area (Å²) in [6.45, 7) is 10.6. The molecule has 2 N–H and O–H groups in total. The van der Waals surface area contributed by atoms with Gasteiger partial charge in [0.25, 0.3) is 0 Å². The van der Waals surface area contributed by atoms with Crippen molar-refractivity contribution < 1.29 is 9.59 Å². The summed E-state index contributed by atoms with van der Waals surface area (Å²) in [6.07, 6.45) is 2.93. The first-order chi connectivity index (χ1) is 13.4. The maximum atomic E-state index is 13.2. The highest BCUT2D eigenvalue weighted by molar-refractivity contribution is 6.19. The van der Waals surface area contributed by atoms with Gasteiger partial charge in [0.15, 0.2) is 17.0 Å². The number of nitrogens with zero attached hydrogens (tertiary/aromatic N) is 5. The van der Waals surface area contributed by atoms with E-state index in [2.05, 4.69) is 15.0 Å². The van der Waals surface area contributed by atoms with Crippen LogP contribution in [0.4, 0.5) is 11.5 Å². The van der Waals surface area contributed by atoms with Crippen LogP contribution in [-0.2, 0) is 9.59 Å². The van der Waals surface area contributed by atoms with Crippen LogP contribution in [0.15, 0.2) is 36.9 Å². The van der Waals surface area contributed by atoms with Crippen molar-refractivity contribution in [2.24, 2.45) is 10.8 Å². The Morgan fingerprint density at radius 2 is 1.45 bits per heavy atom. The molecular formula is C21H26N6O2. The van der Waals surface area contributed by atoms with Gasteiger partial charge in [0, 0.05) is 22.2 Å². The molecule has 2 aromatic heterocycles. The van der Waals surface area contributed by atoms with Crippen LogP contribution in [-0.4, -0.2) is 31.3 Å². The number of carbonyl (C=O) groups is 2. The summed E-state index contributed by atoms with van der Waals surface area (Å²) < 4.78 is 1.77. The van der Waals surface area contributed by atoms with Crippen LogP contribution in [0.3, 0.4) is 0 Å². The summed E-state index contributed by atoms with van der Waals surface area (Å²) in [5, 5.41) is 0. The Morgan fingerprint density at radius 1 is 0.897 bits per heavy atom. The van der Waals surface area contributed by atoms with Gasteiger partial charge in [-0.1, -0.05) is 41.5 Å². The summed E-state index contributed by atoms with van der Waals surface area (Å²) in [5.41, 5.74) is 6.53. The number of carbonyl (C=O) groups excluding carboxylic acids is 2. The number of nitrogen functional groups attached to an aromatic ring is 1. The number of imide groups is 1. The number of rotatable bonds is 2. The minimum absolute atomic E-state index is 0.184. The summed E-state index contributed by atoms with van der Waals surface area (Å²) >= 11 is 0. The Bertz CT molecular complexity index is 1050. The Hall–Kier alpha value is -3.29. The van der Waals surface area contributed by atoms with Gasteiger partial charge in [-0.05, 0) is 24.3 Å². The number of hydrogen-bond acceptors (Lipinski definition) is 6. The summed E-state index contributed by atoms with van der Waals surface area (Å²) in [4.78, 5) is 40.6. The molecule has 2 heterocycles. The number of amides is 2. The number of imidazole rings is 1. The number of nitrogens with two attached hydrogens (primary N) is 1. The Labute approximate surface area is 169 Å². The van der Waals surface area contributed by atoms with E-state index in [-0.39, 0.29) is 17.6 Å². The third-order valence-electron chi connectivity index (χ3n) is 4.39. The lowest BCUT2D eigenvalue weighted by atomic mass is 9.90. The van der Waals surface area contributed by atoms with Crippen molar-refractivity contribution in [2.45, 2.75) is 41.5 Å². The van der Waals surface area contributed by atoms with E-state index in [1.165, 1.54) is 6.33 Å². The topological polar surface area (TPSA) is 107 Å². The van der Waals surface area contributed by atoms with Crippen molar-refractivity contribution in [3.63, 3.8) is 0 Å². The molecule has 152 valence electrons. The fourth-order valence-electron chi connectivity index (χ4n) is 2.77. The molecule has 8 nitrogen and oxygen atoms in total. The van der Waals surface area contributed by atoms with Crippen LogP contribution in [0, 0.1) is 10.8 Å².